The van der Waals surface area contributed by atoms with Crippen LogP contribution in [0.1, 0.15) is 34.3 Å². The van der Waals surface area contributed by atoms with Crippen molar-refractivity contribution in [3.63, 3.8) is 0 Å². The number of carbonyl (C=O) groups excluding carboxylic acids is 2. The minimum Gasteiger partial charge on any atom is -0.491 e. The summed E-state index contributed by atoms with van der Waals surface area (Å²) in [6.45, 7) is 5.00. The number of rotatable bonds is 7. The summed E-state index contributed by atoms with van der Waals surface area (Å²) in [6.07, 6.45) is 2.21. The van der Waals surface area contributed by atoms with Gasteiger partial charge in [-0.05, 0) is 68.1 Å². The van der Waals surface area contributed by atoms with Gasteiger partial charge in [-0.2, -0.15) is 0 Å². The summed E-state index contributed by atoms with van der Waals surface area (Å²) in [5.41, 5.74) is 7.20. The quantitative estimate of drug-likeness (QED) is 0.701. The first kappa shape index (κ1) is 20.7. The highest BCUT2D eigenvalue weighted by molar-refractivity contribution is 5.95. The van der Waals surface area contributed by atoms with Crippen molar-refractivity contribution in [2.24, 2.45) is 0 Å². The largest absolute Gasteiger partial charge is 0.491 e. The molecular formula is C22H26N2O5. The van der Waals surface area contributed by atoms with Gasteiger partial charge in [-0.3, -0.25) is 20.4 Å². The summed E-state index contributed by atoms with van der Waals surface area (Å²) in [5, 5.41) is 0. The zero-order valence-corrected chi connectivity index (χ0v) is 16.7. The Balaban J connectivity index is 1.41. The van der Waals surface area contributed by atoms with Gasteiger partial charge >= 0.3 is 0 Å². The molecule has 2 amide bonds. The summed E-state index contributed by atoms with van der Waals surface area (Å²) >= 11 is 0. The molecule has 0 aliphatic carbocycles. The van der Waals surface area contributed by atoms with E-state index < -0.39 is 11.8 Å². The maximum atomic E-state index is 12.2. The van der Waals surface area contributed by atoms with E-state index in [9.17, 15) is 9.59 Å². The van der Waals surface area contributed by atoms with Crippen molar-refractivity contribution in [1.29, 1.82) is 0 Å². The fraction of sp³-hybridized carbons (Fsp3) is 0.364. The molecule has 2 N–H and O–H groups in total. The fourth-order valence-electron chi connectivity index (χ4n) is 2.93. The van der Waals surface area contributed by atoms with Crippen LogP contribution in [0.3, 0.4) is 0 Å². The summed E-state index contributed by atoms with van der Waals surface area (Å²) < 4.78 is 16.7. The van der Waals surface area contributed by atoms with E-state index in [2.05, 4.69) is 10.9 Å². The lowest BCUT2D eigenvalue weighted by atomic mass is 10.1. The molecule has 1 fully saturated rings. The topological polar surface area (TPSA) is 85.9 Å². The Morgan fingerprint density at radius 1 is 1.07 bits per heavy atom. The Morgan fingerprint density at radius 2 is 1.86 bits per heavy atom. The molecule has 0 aromatic heterocycles. The van der Waals surface area contributed by atoms with Crippen molar-refractivity contribution < 1.29 is 23.8 Å². The predicted octanol–water partition coefficient (Wildman–Crippen LogP) is 2.70. The van der Waals surface area contributed by atoms with E-state index in [1.165, 1.54) is 0 Å². The summed E-state index contributed by atoms with van der Waals surface area (Å²) in [7, 11) is 0. The monoisotopic (exact) mass is 398 g/mol. The number of ether oxygens (including phenoxy) is 3. The second-order valence-electron chi connectivity index (χ2n) is 6.96. The number of hydrogen-bond donors (Lipinski definition) is 2. The van der Waals surface area contributed by atoms with Crippen LogP contribution in [0.2, 0.25) is 0 Å². The fourth-order valence-corrected chi connectivity index (χ4v) is 2.93. The third-order valence-electron chi connectivity index (χ3n) is 4.81. The van der Waals surface area contributed by atoms with Gasteiger partial charge in [0.15, 0.2) is 6.61 Å². The maximum Gasteiger partial charge on any atom is 0.276 e. The van der Waals surface area contributed by atoms with Crippen LogP contribution in [-0.4, -0.2) is 37.7 Å². The first-order valence-electron chi connectivity index (χ1n) is 9.65. The zero-order valence-electron chi connectivity index (χ0n) is 16.7. The lowest BCUT2D eigenvalue weighted by Gasteiger charge is -2.12. The van der Waals surface area contributed by atoms with Crippen LogP contribution in [0.5, 0.6) is 11.5 Å². The Morgan fingerprint density at radius 3 is 2.59 bits per heavy atom. The van der Waals surface area contributed by atoms with Crippen LogP contribution < -0.4 is 20.3 Å². The predicted molar refractivity (Wildman–Crippen MR) is 108 cm³/mol. The van der Waals surface area contributed by atoms with Crippen LogP contribution in [0, 0.1) is 13.8 Å². The maximum absolute atomic E-state index is 12.2. The van der Waals surface area contributed by atoms with E-state index >= 15 is 0 Å². The summed E-state index contributed by atoms with van der Waals surface area (Å²) in [6, 6.07) is 12.4. The molecule has 1 unspecified atom stereocenters. The van der Waals surface area contributed by atoms with Gasteiger partial charge in [0.05, 0.1) is 6.10 Å². The molecule has 0 bridgehead atoms. The smallest absolute Gasteiger partial charge is 0.276 e. The highest BCUT2D eigenvalue weighted by Crippen LogP contribution is 2.20. The molecular weight excluding hydrogens is 372 g/mol. The highest BCUT2D eigenvalue weighted by Gasteiger charge is 2.16. The lowest BCUT2D eigenvalue weighted by Crippen LogP contribution is -2.43. The van der Waals surface area contributed by atoms with E-state index in [1.54, 1.807) is 30.3 Å². The van der Waals surface area contributed by atoms with E-state index in [1.807, 2.05) is 26.0 Å². The number of hydrazine groups is 1. The molecule has 2 aromatic carbocycles. The third kappa shape index (κ3) is 5.96. The summed E-state index contributed by atoms with van der Waals surface area (Å²) in [4.78, 5) is 24.1. The Labute approximate surface area is 170 Å². The molecule has 1 saturated heterocycles. The van der Waals surface area contributed by atoms with Crippen molar-refractivity contribution in [1.82, 2.24) is 10.9 Å². The van der Waals surface area contributed by atoms with Gasteiger partial charge < -0.3 is 14.2 Å². The second kappa shape index (κ2) is 9.93. The van der Waals surface area contributed by atoms with Gasteiger partial charge in [0.1, 0.15) is 18.1 Å². The molecule has 154 valence electrons. The van der Waals surface area contributed by atoms with Gasteiger partial charge in [-0.25, -0.2) is 0 Å². The van der Waals surface area contributed by atoms with Crippen molar-refractivity contribution >= 4 is 11.8 Å². The molecule has 1 atom stereocenters. The normalized spacial score (nSPS) is 15.6. The molecule has 1 aliphatic heterocycles. The molecule has 2 aromatic rings. The Bertz CT molecular complexity index is 845. The number of amides is 2. The van der Waals surface area contributed by atoms with Gasteiger partial charge in [0.25, 0.3) is 11.8 Å². The average Bonchev–Trinajstić information content (AvgIpc) is 3.25. The molecule has 0 radical (unpaired) electrons. The molecule has 7 nitrogen and oxygen atoms in total. The van der Waals surface area contributed by atoms with E-state index in [0.717, 1.165) is 30.6 Å². The average molecular weight is 398 g/mol. The Kier molecular flexibility index (Phi) is 7.08. The SMILES string of the molecule is Cc1cccc(OCC(=O)NNC(=O)c2ccc(OCC3CCCO3)cc2)c1C. The van der Waals surface area contributed by atoms with Crippen LogP contribution in [0.25, 0.3) is 0 Å². The van der Waals surface area contributed by atoms with Crippen LogP contribution in [0.15, 0.2) is 42.5 Å². The van der Waals surface area contributed by atoms with Gasteiger partial charge in [0, 0.05) is 12.2 Å². The molecule has 7 heteroatoms. The number of carbonyl (C=O) groups is 2. The molecule has 3 rings (SSSR count). The number of benzene rings is 2. The molecule has 0 spiro atoms. The number of hydrogen-bond acceptors (Lipinski definition) is 5. The van der Waals surface area contributed by atoms with Crippen molar-refractivity contribution in [2.75, 3.05) is 19.8 Å². The van der Waals surface area contributed by atoms with Crippen molar-refractivity contribution in [2.45, 2.75) is 32.8 Å². The Hall–Kier alpha value is -3.06. The first-order chi connectivity index (χ1) is 14.0. The lowest BCUT2D eigenvalue weighted by molar-refractivity contribution is -0.123. The molecule has 29 heavy (non-hydrogen) atoms. The van der Waals surface area contributed by atoms with Gasteiger partial charge in [-0.1, -0.05) is 12.1 Å². The van der Waals surface area contributed by atoms with Crippen LogP contribution in [-0.2, 0) is 9.53 Å². The van der Waals surface area contributed by atoms with Gasteiger partial charge in [-0.15, -0.1) is 0 Å². The second-order valence-corrected chi connectivity index (χ2v) is 6.96. The van der Waals surface area contributed by atoms with Crippen LogP contribution in [0.4, 0.5) is 0 Å². The first-order valence-corrected chi connectivity index (χ1v) is 9.65. The number of nitrogens with one attached hydrogen (secondary N) is 2. The summed E-state index contributed by atoms with van der Waals surface area (Å²) in [5.74, 6) is 0.444. The van der Waals surface area contributed by atoms with E-state index in [4.69, 9.17) is 14.2 Å². The number of aryl methyl sites for hydroxylation is 1. The molecule has 1 aliphatic rings. The minimum absolute atomic E-state index is 0.138. The zero-order chi connectivity index (χ0) is 20.6. The van der Waals surface area contributed by atoms with Gasteiger partial charge in [0.2, 0.25) is 0 Å². The van der Waals surface area contributed by atoms with E-state index in [-0.39, 0.29) is 12.7 Å². The minimum atomic E-state index is -0.448. The van der Waals surface area contributed by atoms with Crippen molar-refractivity contribution in [3.8, 4) is 11.5 Å². The van der Waals surface area contributed by atoms with Crippen molar-refractivity contribution in [3.05, 3.63) is 59.2 Å². The van der Waals surface area contributed by atoms with Crippen LogP contribution >= 0.6 is 0 Å². The third-order valence-corrected chi connectivity index (χ3v) is 4.81. The molecule has 1 heterocycles. The standard InChI is InChI=1S/C22H26N2O5/c1-15-5-3-7-20(16(15)2)29-14-21(25)23-24-22(26)17-8-10-18(11-9-17)28-13-19-6-4-12-27-19/h3,5,7-11,19H,4,6,12-14H2,1-2H3,(H,23,25)(H,24,26). The van der Waals surface area contributed by atoms with E-state index in [0.29, 0.717) is 23.7 Å². The highest BCUT2D eigenvalue weighted by atomic mass is 16.5. The molecule has 0 saturated carbocycles.